The number of para-hydroxylation sites is 1. The summed E-state index contributed by atoms with van der Waals surface area (Å²) in [5, 5.41) is 19.9. The molecule has 13 heteroatoms. The Kier molecular flexibility index (Phi) is 10.5. The van der Waals surface area contributed by atoms with Crippen LogP contribution in [0.3, 0.4) is 0 Å². The molecule has 1 N–H and O–H groups in total. The quantitative estimate of drug-likeness (QED) is 0.130. The van der Waals surface area contributed by atoms with Crippen LogP contribution in [0.25, 0.3) is 16.9 Å². The Bertz CT molecular complexity index is 1550. The molecule has 1 aromatic heterocycles. The van der Waals surface area contributed by atoms with E-state index in [9.17, 15) is 19.7 Å². The van der Waals surface area contributed by atoms with E-state index in [1.165, 1.54) is 33.5 Å². The normalized spacial score (nSPS) is 13.5. The van der Waals surface area contributed by atoms with Crippen LogP contribution in [0.2, 0.25) is 0 Å². The first-order valence-electron chi connectivity index (χ1n) is 13.7. The number of carbonyl (C=O) groups is 2. The fourth-order valence-electron chi connectivity index (χ4n) is 4.95. The zero-order valence-corrected chi connectivity index (χ0v) is 25.1. The van der Waals surface area contributed by atoms with Crippen LogP contribution < -0.4 is 10.1 Å². The number of nitro benzene ring substituents is 1. The second-order valence-corrected chi connectivity index (χ2v) is 9.75. The molecule has 0 radical (unpaired) electrons. The molecule has 2 heterocycles. The maximum Gasteiger partial charge on any atom is 0.336 e. The van der Waals surface area contributed by atoms with E-state index in [0.29, 0.717) is 33.9 Å². The van der Waals surface area contributed by atoms with E-state index in [1.807, 2.05) is 30.3 Å². The third kappa shape index (κ3) is 6.79. The summed E-state index contributed by atoms with van der Waals surface area (Å²) in [5.41, 5.74) is 2.74. The molecule has 0 saturated carbocycles. The van der Waals surface area contributed by atoms with E-state index < -0.39 is 22.8 Å². The van der Waals surface area contributed by atoms with Gasteiger partial charge in [-0.25, -0.2) is 14.3 Å². The highest BCUT2D eigenvalue weighted by Crippen LogP contribution is 2.44. The number of nitrogens with one attached hydrogen (secondary N) is 1. The van der Waals surface area contributed by atoms with Crippen LogP contribution in [0, 0.1) is 10.1 Å². The molecule has 0 fully saturated rings. The van der Waals surface area contributed by atoms with E-state index >= 15 is 0 Å². The molecule has 0 unspecified atom stereocenters. The summed E-state index contributed by atoms with van der Waals surface area (Å²) in [6.45, 7) is 3.71. The highest BCUT2D eigenvalue weighted by Gasteiger charge is 2.40. The van der Waals surface area contributed by atoms with Crippen LogP contribution in [-0.4, -0.2) is 74.4 Å². The average Bonchev–Trinajstić information content (AvgIpc) is 3.46. The number of carbonyl (C=O) groups excluding carboxylic acids is 2. The predicted molar refractivity (Wildman–Crippen MR) is 159 cm³/mol. The highest BCUT2D eigenvalue weighted by molar-refractivity contribution is 6.00. The molecular formula is C31H34N4O9. The Morgan fingerprint density at radius 3 is 2.02 bits per heavy atom. The maximum atomic E-state index is 13.7. The zero-order valence-electron chi connectivity index (χ0n) is 25.1. The molecule has 0 bridgehead atoms. The second-order valence-electron chi connectivity index (χ2n) is 9.75. The Balaban J connectivity index is 1.99. The summed E-state index contributed by atoms with van der Waals surface area (Å²) in [6.07, 6.45) is 1.70. The van der Waals surface area contributed by atoms with Gasteiger partial charge in [0.05, 0.1) is 53.7 Å². The Labute approximate surface area is 254 Å². The number of dihydropyridines is 1. The minimum atomic E-state index is -1.02. The number of hydrogen-bond donors (Lipinski definition) is 1. The van der Waals surface area contributed by atoms with Gasteiger partial charge in [0.15, 0.2) is 5.75 Å². The lowest BCUT2D eigenvalue weighted by molar-refractivity contribution is -0.385. The first-order valence-corrected chi connectivity index (χ1v) is 13.7. The molecule has 13 nitrogen and oxygen atoms in total. The molecule has 232 valence electrons. The van der Waals surface area contributed by atoms with Gasteiger partial charge in [0, 0.05) is 49.0 Å². The molecule has 3 aromatic rings. The fourth-order valence-corrected chi connectivity index (χ4v) is 4.95. The third-order valence-corrected chi connectivity index (χ3v) is 6.96. The molecule has 1 aliphatic heterocycles. The van der Waals surface area contributed by atoms with Crippen LogP contribution in [0.15, 0.2) is 77.3 Å². The van der Waals surface area contributed by atoms with Gasteiger partial charge in [-0.2, -0.15) is 5.10 Å². The molecule has 2 aromatic carbocycles. The third-order valence-electron chi connectivity index (χ3n) is 6.96. The number of nitro groups is 1. The van der Waals surface area contributed by atoms with Gasteiger partial charge in [0.25, 0.3) is 0 Å². The summed E-state index contributed by atoms with van der Waals surface area (Å²) in [6, 6.07) is 13.7. The van der Waals surface area contributed by atoms with E-state index in [2.05, 4.69) is 5.32 Å². The fraction of sp³-hybridized carbons (Fsp3) is 0.323. The van der Waals surface area contributed by atoms with Crippen molar-refractivity contribution in [3.05, 3.63) is 92.9 Å². The smallest absolute Gasteiger partial charge is 0.336 e. The molecule has 4 rings (SSSR count). The summed E-state index contributed by atoms with van der Waals surface area (Å²) in [5.74, 6) is -2.30. The number of aromatic nitrogens is 2. The van der Waals surface area contributed by atoms with Gasteiger partial charge in [0.2, 0.25) is 0 Å². The molecule has 44 heavy (non-hydrogen) atoms. The van der Waals surface area contributed by atoms with Crippen LogP contribution in [0.4, 0.5) is 5.69 Å². The van der Waals surface area contributed by atoms with E-state index in [1.54, 1.807) is 30.8 Å². The summed E-state index contributed by atoms with van der Waals surface area (Å²) >= 11 is 0. The van der Waals surface area contributed by atoms with Crippen molar-refractivity contribution >= 4 is 17.6 Å². The Morgan fingerprint density at radius 1 is 0.909 bits per heavy atom. The highest BCUT2D eigenvalue weighted by atomic mass is 16.6. The number of methoxy groups -OCH3 is 3. The number of ether oxygens (including phenoxy) is 5. The number of allylic oxidation sites excluding steroid dienone is 2. The van der Waals surface area contributed by atoms with Crippen molar-refractivity contribution in [3.63, 3.8) is 0 Å². The van der Waals surface area contributed by atoms with Crippen LogP contribution in [0.1, 0.15) is 25.3 Å². The second kappa shape index (κ2) is 14.4. The minimum absolute atomic E-state index is 0.0179. The van der Waals surface area contributed by atoms with Crippen molar-refractivity contribution in [1.29, 1.82) is 0 Å². The molecule has 0 spiro atoms. The monoisotopic (exact) mass is 606 g/mol. The van der Waals surface area contributed by atoms with Crippen molar-refractivity contribution in [2.75, 3.05) is 47.8 Å². The number of nitrogens with zero attached hydrogens (tertiary/aromatic N) is 3. The SMILES string of the molecule is COCCOC(=O)C1=C(C)NC(C)=C(C(=O)OCCOC)C1c1cn(-c2ccccc2)nc1-c1ccc(OC)c([N+](=O)[O-])c1. The average molecular weight is 607 g/mol. The largest absolute Gasteiger partial charge is 0.490 e. The van der Waals surface area contributed by atoms with E-state index in [0.717, 1.165) is 0 Å². The molecule has 0 saturated heterocycles. The number of benzene rings is 2. The van der Waals surface area contributed by atoms with Crippen molar-refractivity contribution in [1.82, 2.24) is 15.1 Å². The van der Waals surface area contributed by atoms with Crippen molar-refractivity contribution < 1.29 is 38.2 Å². The first kappa shape index (κ1) is 31.9. The summed E-state index contributed by atoms with van der Waals surface area (Å²) < 4.78 is 28.0. The maximum absolute atomic E-state index is 13.7. The van der Waals surface area contributed by atoms with Crippen molar-refractivity contribution in [2.24, 2.45) is 0 Å². The topological polar surface area (TPSA) is 153 Å². The molecule has 1 aliphatic rings. The molecular weight excluding hydrogens is 572 g/mol. The summed E-state index contributed by atoms with van der Waals surface area (Å²) in [7, 11) is 4.32. The number of rotatable bonds is 13. The van der Waals surface area contributed by atoms with Crippen molar-refractivity contribution in [2.45, 2.75) is 19.8 Å². The van der Waals surface area contributed by atoms with Gasteiger partial charge < -0.3 is 29.0 Å². The van der Waals surface area contributed by atoms with Crippen LogP contribution in [0.5, 0.6) is 5.75 Å². The standard InChI is InChI=1S/C31H34N4O9/c1-19-26(30(36)43-15-13-40-3)28(27(20(2)32-19)31(37)44-16-14-41-4)23-18-34(22-9-7-6-8-10-22)33-29(23)21-11-12-25(42-5)24(17-21)35(38)39/h6-12,17-18,28,32H,13-16H2,1-5H3. The van der Waals surface area contributed by atoms with Crippen LogP contribution >= 0.6 is 0 Å². The first-order chi connectivity index (χ1) is 21.2. The molecule has 0 aliphatic carbocycles. The molecule has 0 atom stereocenters. The van der Waals surface area contributed by atoms with E-state index in [-0.39, 0.29) is 49.0 Å². The van der Waals surface area contributed by atoms with Gasteiger partial charge in [-0.1, -0.05) is 18.2 Å². The van der Waals surface area contributed by atoms with Gasteiger partial charge in [0.1, 0.15) is 13.2 Å². The van der Waals surface area contributed by atoms with E-state index in [4.69, 9.17) is 28.8 Å². The predicted octanol–water partition coefficient (Wildman–Crippen LogP) is 4.07. The molecule has 0 amide bonds. The lowest BCUT2D eigenvalue weighted by Gasteiger charge is -2.30. The lowest BCUT2D eigenvalue weighted by atomic mass is 9.79. The Morgan fingerprint density at radius 2 is 1.50 bits per heavy atom. The lowest BCUT2D eigenvalue weighted by Crippen LogP contribution is -2.33. The van der Waals surface area contributed by atoms with Gasteiger partial charge >= 0.3 is 17.6 Å². The summed E-state index contributed by atoms with van der Waals surface area (Å²) in [4.78, 5) is 38.7. The number of hydrogen-bond acceptors (Lipinski definition) is 11. The minimum Gasteiger partial charge on any atom is -0.490 e. The number of esters is 2. The van der Waals surface area contributed by atoms with Crippen LogP contribution in [-0.2, 0) is 28.5 Å². The zero-order chi connectivity index (χ0) is 31.8. The van der Waals surface area contributed by atoms with Gasteiger partial charge in [-0.15, -0.1) is 0 Å². The van der Waals surface area contributed by atoms with Gasteiger partial charge in [-0.05, 0) is 38.1 Å². The van der Waals surface area contributed by atoms with Crippen molar-refractivity contribution in [3.8, 4) is 22.7 Å². The van der Waals surface area contributed by atoms with Gasteiger partial charge in [-0.3, -0.25) is 10.1 Å². The Hall–Kier alpha value is -5.01.